The fourth-order valence-corrected chi connectivity index (χ4v) is 2.18. The number of ether oxygens (including phenoxy) is 1. The van der Waals surface area contributed by atoms with Crippen molar-refractivity contribution in [2.45, 2.75) is 39.7 Å². The maximum atomic E-state index is 5.47. The maximum Gasteiger partial charge on any atom is 0.122 e. The molecule has 0 aromatic heterocycles. The molecule has 0 spiro atoms. The van der Waals surface area contributed by atoms with Gasteiger partial charge in [-0.05, 0) is 62.2 Å². The zero-order chi connectivity index (χ0) is 14.3. The summed E-state index contributed by atoms with van der Waals surface area (Å²) in [6.07, 6.45) is 1.16. The van der Waals surface area contributed by atoms with E-state index in [1.54, 1.807) is 7.11 Å². The molecule has 0 aliphatic rings. The predicted octanol–water partition coefficient (Wildman–Crippen LogP) is 2.83. The molecule has 0 atom stereocenters. The number of nitrogens with one attached hydrogen (secondary N) is 2. The van der Waals surface area contributed by atoms with Crippen LogP contribution < -0.4 is 15.4 Å². The zero-order valence-electron chi connectivity index (χ0n) is 13.0. The van der Waals surface area contributed by atoms with Gasteiger partial charge < -0.3 is 15.4 Å². The molecule has 0 aliphatic heterocycles. The number of hydrogen-bond acceptors (Lipinski definition) is 3. The summed E-state index contributed by atoms with van der Waals surface area (Å²) in [5.41, 5.74) is 3.96. The fraction of sp³-hybridized carbons (Fsp3) is 0.625. The van der Waals surface area contributed by atoms with Crippen LogP contribution >= 0.6 is 0 Å². The van der Waals surface area contributed by atoms with Crippen LogP contribution in [0.15, 0.2) is 12.1 Å². The van der Waals surface area contributed by atoms with Crippen molar-refractivity contribution >= 4 is 0 Å². The first-order valence-corrected chi connectivity index (χ1v) is 7.12. The number of aryl methyl sites for hydroxylation is 1. The highest BCUT2D eigenvalue weighted by Crippen LogP contribution is 2.29. The largest absolute Gasteiger partial charge is 0.496 e. The molecule has 0 radical (unpaired) electrons. The molecule has 19 heavy (non-hydrogen) atoms. The van der Waals surface area contributed by atoms with Crippen molar-refractivity contribution < 1.29 is 4.74 Å². The van der Waals surface area contributed by atoms with Crippen LogP contribution in [0.2, 0.25) is 0 Å². The third kappa shape index (κ3) is 4.84. The van der Waals surface area contributed by atoms with E-state index < -0.39 is 0 Å². The van der Waals surface area contributed by atoms with Crippen LogP contribution in [-0.4, -0.2) is 27.2 Å². The SMILES string of the molecule is CNCCCNCc1cc(C(C)C)c(OC)cc1C. The highest BCUT2D eigenvalue weighted by molar-refractivity contribution is 5.43. The molecule has 2 N–H and O–H groups in total. The molecule has 3 heteroatoms. The van der Waals surface area contributed by atoms with Gasteiger partial charge >= 0.3 is 0 Å². The second-order valence-electron chi connectivity index (χ2n) is 5.31. The molecule has 0 heterocycles. The summed E-state index contributed by atoms with van der Waals surface area (Å²) >= 11 is 0. The van der Waals surface area contributed by atoms with Crippen molar-refractivity contribution in [3.05, 3.63) is 28.8 Å². The molecule has 3 nitrogen and oxygen atoms in total. The Morgan fingerprint density at radius 2 is 1.95 bits per heavy atom. The Morgan fingerprint density at radius 1 is 1.21 bits per heavy atom. The lowest BCUT2D eigenvalue weighted by atomic mass is 9.96. The second-order valence-corrected chi connectivity index (χ2v) is 5.31. The van der Waals surface area contributed by atoms with Crippen LogP contribution in [-0.2, 0) is 6.54 Å². The van der Waals surface area contributed by atoms with Gasteiger partial charge in [0.1, 0.15) is 5.75 Å². The molecule has 0 saturated heterocycles. The first-order chi connectivity index (χ1) is 9.10. The van der Waals surface area contributed by atoms with Crippen molar-refractivity contribution in [2.75, 3.05) is 27.2 Å². The maximum absolute atomic E-state index is 5.47. The van der Waals surface area contributed by atoms with Gasteiger partial charge in [0.2, 0.25) is 0 Å². The average Bonchev–Trinajstić information content (AvgIpc) is 2.39. The van der Waals surface area contributed by atoms with Crippen molar-refractivity contribution in [1.29, 1.82) is 0 Å². The Labute approximate surface area is 117 Å². The van der Waals surface area contributed by atoms with E-state index in [1.807, 2.05) is 7.05 Å². The van der Waals surface area contributed by atoms with E-state index in [9.17, 15) is 0 Å². The molecule has 0 bridgehead atoms. The quantitative estimate of drug-likeness (QED) is 0.708. The van der Waals surface area contributed by atoms with Crippen molar-refractivity contribution in [2.24, 2.45) is 0 Å². The lowest BCUT2D eigenvalue weighted by Crippen LogP contribution is -2.20. The number of methoxy groups -OCH3 is 1. The van der Waals surface area contributed by atoms with Gasteiger partial charge in [0.05, 0.1) is 7.11 Å². The third-order valence-corrected chi connectivity index (χ3v) is 3.41. The fourth-order valence-electron chi connectivity index (χ4n) is 2.18. The van der Waals surface area contributed by atoms with E-state index in [2.05, 4.69) is 43.5 Å². The van der Waals surface area contributed by atoms with Crippen molar-refractivity contribution in [3.63, 3.8) is 0 Å². The van der Waals surface area contributed by atoms with Gasteiger partial charge in [-0.3, -0.25) is 0 Å². The lowest BCUT2D eigenvalue weighted by Gasteiger charge is -2.16. The van der Waals surface area contributed by atoms with E-state index in [-0.39, 0.29) is 0 Å². The molecule has 1 aromatic carbocycles. The molecule has 0 fully saturated rings. The molecule has 0 saturated carbocycles. The van der Waals surface area contributed by atoms with E-state index in [0.29, 0.717) is 5.92 Å². The van der Waals surface area contributed by atoms with Gasteiger partial charge in [0.25, 0.3) is 0 Å². The third-order valence-electron chi connectivity index (χ3n) is 3.41. The van der Waals surface area contributed by atoms with Crippen LogP contribution in [0.3, 0.4) is 0 Å². The molecule has 0 unspecified atom stereocenters. The van der Waals surface area contributed by atoms with E-state index in [0.717, 1.165) is 31.8 Å². The van der Waals surface area contributed by atoms with Gasteiger partial charge in [-0.15, -0.1) is 0 Å². The molecular formula is C16H28N2O. The molecule has 108 valence electrons. The smallest absolute Gasteiger partial charge is 0.122 e. The van der Waals surface area contributed by atoms with Crippen LogP contribution in [0, 0.1) is 6.92 Å². The topological polar surface area (TPSA) is 33.3 Å². The van der Waals surface area contributed by atoms with Gasteiger partial charge in [-0.25, -0.2) is 0 Å². The summed E-state index contributed by atoms with van der Waals surface area (Å²) in [5, 5.41) is 6.66. The van der Waals surface area contributed by atoms with Crippen LogP contribution in [0.25, 0.3) is 0 Å². The molecule has 1 aromatic rings. The first kappa shape index (κ1) is 16.0. The van der Waals surface area contributed by atoms with Crippen LogP contribution in [0.5, 0.6) is 5.75 Å². The van der Waals surface area contributed by atoms with Crippen LogP contribution in [0.4, 0.5) is 0 Å². The van der Waals surface area contributed by atoms with Gasteiger partial charge in [0.15, 0.2) is 0 Å². The van der Waals surface area contributed by atoms with Gasteiger partial charge in [-0.2, -0.15) is 0 Å². The van der Waals surface area contributed by atoms with Crippen molar-refractivity contribution in [3.8, 4) is 5.75 Å². The summed E-state index contributed by atoms with van der Waals surface area (Å²) in [5.74, 6) is 1.49. The molecular weight excluding hydrogens is 236 g/mol. The molecule has 0 aliphatic carbocycles. The van der Waals surface area contributed by atoms with Crippen molar-refractivity contribution in [1.82, 2.24) is 10.6 Å². The summed E-state index contributed by atoms with van der Waals surface area (Å²) in [6, 6.07) is 4.43. The minimum Gasteiger partial charge on any atom is -0.496 e. The minimum absolute atomic E-state index is 0.485. The Kier molecular flexibility index (Phi) is 6.89. The normalized spacial score (nSPS) is 11.1. The highest BCUT2D eigenvalue weighted by Gasteiger charge is 2.10. The van der Waals surface area contributed by atoms with E-state index in [1.165, 1.54) is 16.7 Å². The summed E-state index contributed by atoms with van der Waals surface area (Å²) in [6.45, 7) is 9.60. The zero-order valence-corrected chi connectivity index (χ0v) is 13.0. The second kappa shape index (κ2) is 8.18. The predicted molar refractivity (Wildman–Crippen MR) is 82.1 cm³/mol. The van der Waals surface area contributed by atoms with Gasteiger partial charge in [0, 0.05) is 6.54 Å². The minimum atomic E-state index is 0.485. The lowest BCUT2D eigenvalue weighted by molar-refractivity contribution is 0.407. The monoisotopic (exact) mass is 264 g/mol. The summed E-state index contributed by atoms with van der Waals surface area (Å²) in [4.78, 5) is 0. The number of rotatable bonds is 8. The number of benzene rings is 1. The summed E-state index contributed by atoms with van der Waals surface area (Å²) in [7, 11) is 3.73. The van der Waals surface area contributed by atoms with Gasteiger partial charge in [-0.1, -0.05) is 19.9 Å². The standard InChI is InChI=1S/C16H28N2O/c1-12(2)15-10-14(11-18-8-6-7-17-4)13(3)9-16(15)19-5/h9-10,12,17-18H,6-8,11H2,1-5H3. The Morgan fingerprint density at radius 3 is 2.53 bits per heavy atom. The Hall–Kier alpha value is -1.06. The molecule has 1 rings (SSSR count). The molecule has 0 amide bonds. The van der Waals surface area contributed by atoms with E-state index in [4.69, 9.17) is 4.74 Å². The summed E-state index contributed by atoms with van der Waals surface area (Å²) < 4.78 is 5.47. The average molecular weight is 264 g/mol. The highest BCUT2D eigenvalue weighted by atomic mass is 16.5. The van der Waals surface area contributed by atoms with E-state index >= 15 is 0 Å². The number of hydrogen-bond donors (Lipinski definition) is 2. The Bertz CT molecular complexity index is 389. The van der Waals surface area contributed by atoms with Crippen LogP contribution in [0.1, 0.15) is 42.9 Å². The Balaban J connectivity index is 2.70. The first-order valence-electron chi connectivity index (χ1n) is 7.12.